The molecule has 2 aromatic rings. The molecule has 0 amide bonds. The van der Waals surface area contributed by atoms with Gasteiger partial charge in [-0.1, -0.05) is 36.4 Å². The first-order valence-electron chi connectivity index (χ1n) is 9.90. The van der Waals surface area contributed by atoms with Gasteiger partial charge in [0.25, 0.3) is 0 Å². The van der Waals surface area contributed by atoms with Gasteiger partial charge < -0.3 is 0 Å². The molecular weight excluding hydrogens is 404 g/mol. The van der Waals surface area contributed by atoms with Gasteiger partial charge >= 0.3 is 0 Å². The molecular formula is C21H28N4O2S2. The zero-order valence-corrected chi connectivity index (χ0v) is 18.6. The summed E-state index contributed by atoms with van der Waals surface area (Å²) in [7, 11) is 0.657. The van der Waals surface area contributed by atoms with E-state index < -0.39 is 10.0 Å². The van der Waals surface area contributed by atoms with E-state index in [1.54, 1.807) is 28.6 Å². The van der Waals surface area contributed by atoms with E-state index in [9.17, 15) is 8.42 Å². The van der Waals surface area contributed by atoms with Crippen LogP contribution in [0.5, 0.6) is 0 Å². The average Bonchev–Trinajstić information content (AvgIpc) is 3.15. The van der Waals surface area contributed by atoms with Crippen LogP contribution in [0.4, 0.5) is 0 Å². The van der Waals surface area contributed by atoms with Gasteiger partial charge in [-0.2, -0.15) is 4.31 Å². The molecule has 0 aromatic heterocycles. The number of hydrogen-bond donors (Lipinski definition) is 0. The molecule has 29 heavy (non-hydrogen) atoms. The Morgan fingerprint density at radius 3 is 2.03 bits per heavy atom. The molecule has 0 spiro atoms. The number of nitrogens with zero attached hydrogens (tertiary/aromatic N) is 4. The second-order valence-corrected chi connectivity index (χ2v) is 11.1. The van der Waals surface area contributed by atoms with Gasteiger partial charge in [0.05, 0.1) is 4.90 Å². The number of hydrogen-bond acceptors (Lipinski definition) is 6. The van der Waals surface area contributed by atoms with Gasteiger partial charge in [0.15, 0.2) is 0 Å². The summed E-state index contributed by atoms with van der Waals surface area (Å²) in [4.78, 5) is 2.80. The van der Waals surface area contributed by atoms with E-state index in [0.717, 1.165) is 49.4 Å². The first-order valence-corrected chi connectivity index (χ1v) is 12.1. The molecule has 156 valence electrons. The van der Waals surface area contributed by atoms with Crippen molar-refractivity contribution >= 4 is 22.2 Å². The van der Waals surface area contributed by atoms with Crippen LogP contribution in [0.1, 0.15) is 16.7 Å². The predicted molar refractivity (Wildman–Crippen MR) is 117 cm³/mol. The minimum absolute atomic E-state index is 0.376. The van der Waals surface area contributed by atoms with E-state index >= 15 is 0 Å². The van der Waals surface area contributed by atoms with Crippen molar-refractivity contribution in [3.05, 3.63) is 65.2 Å². The van der Waals surface area contributed by atoms with Crippen molar-refractivity contribution in [2.45, 2.75) is 24.5 Å². The zero-order valence-electron chi connectivity index (χ0n) is 17.0. The van der Waals surface area contributed by atoms with E-state index in [2.05, 4.69) is 27.6 Å². The summed E-state index contributed by atoms with van der Waals surface area (Å²) in [5.41, 5.74) is 3.35. The Kier molecular flexibility index (Phi) is 6.29. The first-order chi connectivity index (χ1) is 13.9. The van der Waals surface area contributed by atoms with E-state index in [1.165, 1.54) is 0 Å². The minimum atomic E-state index is -3.47. The van der Waals surface area contributed by atoms with Crippen LogP contribution in [0, 0.1) is 0 Å². The Labute approximate surface area is 178 Å². The molecule has 2 heterocycles. The standard InChI is InChI=1S/C21H28N4O2S2/c1-22(2)28-24-13-11-23(12-14-24)15-18-7-9-21(10-8-18)29(26,27)25-16-19-5-3-4-6-20(19)17-25/h3-10H,11-17H2,1-2H3. The molecule has 0 atom stereocenters. The molecule has 0 aliphatic carbocycles. The SMILES string of the molecule is CN(C)SN1CCN(Cc2ccc(S(=O)(=O)N3Cc4ccccc4C3)cc2)CC1. The van der Waals surface area contributed by atoms with Crippen LogP contribution >= 0.6 is 12.1 Å². The highest BCUT2D eigenvalue weighted by molar-refractivity contribution is 7.94. The molecule has 0 radical (unpaired) electrons. The van der Waals surface area contributed by atoms with Crippen molar-refractivity contribution in [2.75, 3.05) is 40.3 Å². The maximum atomic E-state index is 13.0. The van der Waals surface area contributed by atoms with E-state index in [0.29, 0.717) is 18.0 Å². The summed E-state index contributed by atoms with van der Waals surface area (Å²) >= 11 is 1.76. The highest BCUT2D eigenvalue weighted by Crippen LogP contribution is 2.28. The maximum absolute atomic E-state index is 13.0. The summed E-state index contributed by atoms with van der Waals surface area (Å²) in [5, 5.41) is 0. The average molecular weight is 433 g/mol. The lowest BCUT2D eigenvalue weighted by Crippen LogP contribution is -2.43. The molecule has 2 aliphatic heterocycles. The molecule has 6 nitrogen and oxygen atoms in total. The van der Waals surface area contributed by atoms with Crippen molar-refractivity contribution < 1.29 is 8.42 Å². The van der Waals surface area contributed by atoms with E-state index in [-0.39, 0.29) is 0 Å². The second kappa shape index (κ2) is 8.75. The third-order valence-corrected chi connectivity index (χ3v) is 8.12. The Hall–Kier alpha value is -1.42. The zero-order chi connectivity index (χ0) is 20.4. The number of sulfonamides is 1. The van der Waals surface area contributed by atoms with Crippen LogP contribution in [0.3, 0.4) is 0 Å². The third-order valence-electron chi connectivity index (χ3n) is 5.39. The summed E-state index contributed by atoms with van der Waals surface area (Å²) in [6, 6.07) is 15.4. The van der Waals surface area contributed by atoms with Crippen molar-refractivity contribution in [2.24, 2.45) is 0 Å². The van der Waals surface area contributed by atoms with Crippen LogP contribution in [-0.4, -0.2) is 66.5 Å². The second-order valence-electron chi connectivity index (χ2n) is 7.78. The summed E-state index contributed by atoms with van der Waals surface area (Å²) < 4.78 is 32.1. The van der Waals surface area contributed by atoms with Crippen LogP contribution in [0.25, 0.3) is 0 Å². The molecule has 0 N–H and O–H groups in total. The molecule has 1 fully saturated rings. The Balaban J connectivity index is 1.36. The molecule has 0 bridgehead atoms. The molecule has 1 saturated heterocycles. The van der Waals surface area contributed by atoms with Gasteiger partial charge in [-0.05, 0) is 42.9 Å². The molecule has 8 heteroatoms. The normalized spacial score (nSPS) is 19.0. The fourth-order valence-electron chi connectivity index (χ4n) is 3.85. The molecule has 4 rings (SSSR count). The van der Waals surface area contributed by atoms with Gasteiger partial charge in [0.2, 0.25) is 10.0 Å². The summed E-state index contributed by atoms with van der Waals surface area (Å²) in [5.74, 6) is 0. The highest BCUT2D eigenvalue weighted by Gasteiger charge is 2.30. The number of benzene rings is 2. The number of fused-ring (bicyclic) bond motifs is 1. The smallest absolute Gasteiger partial charge is 0.243 e. The Morgan fingerprint density at radius 1 is 0.897 bits per heavy atom. The van der Waals surface area contributed by atoms with Gasteiger partial charge in [-0.3, -0.25) is 4.90 Å². The van der Waals surface area contributed by atoms with Crippen molar-refractivity contribution in [3.63, 3.8) is 0 Å². The largest absolute Gasteiger partial charge is 0.296 e. The van der Waals surface area contributed by atoms with E-state index in [4.69, 9.17) is 0 Å². The number of rotatable bonds is 6. The molecule has 0 unspecified atom stereocenters. The van der Waals surface area contributed by atoms with Gasteiger partial charge in [-0.25, -0.2) is 17.0 Å². The lowest BCUT2D eigenvalue weighted by molar-refractivity contribution is 0.187. The van der Waals surface area contributed by atoms with Gasteiger partial charge in [0.1, 0.15) is 0 Å². The first kappa shape index (κ1) is 20.8. The fourth-order valence-corrected chi connectivity index (χ4v) is 6.03. The lowest BCUT2D eigenvalue weighted by Gasteiger charge is -2.34. The minimum Gasteiger partial charge on any atom is -0.296 e. The third kappa shape index (κ3) is 4.84. The quantitative estimate of drug-likeness (QED) is 0.654. The van der Waals surface area contributed by atoms with Crippen LogP contribution < -0.4 is 0 Å². The Morgan fingerprint density at radius 2 is 1.48 bits per heavy atom. The molecule has 2 aromatic carbocycles. The van der Waals surface area contributed by atoms with Crippen LogP contribution in [-0.2, 0) is 29.7 Å². The molecule has 2 aliphatic rings. The van der Waals surface area contributed by atoms with Crippen molar-refractivity contribution in [1.82, 2.24) is 17.8 Å². The van der Waals surface area contributed by atoms with E-state index in [1.807, 2.05) is 36.4 Å². The highest BCUT2D eigenvalue weighted by atomic mass is 32.2. The Bertz CT molecular complexity index is 914. The number of piperazine rings is 1. The maximum Gasteiger partial charge on any atom is 0.243 e. The van der Waals surface area contributed by atoms with Crippen LogP contribution in [0.2, 0.25) is 0 Å². The monoisotopic (exact) mass is 432 g/mol. The van der Waals surface area contributed by atoms with Crippen molar-refractivity contribution in [1.29, 1.82) is 0 Å². The predicted octanol–water partition coefficient (Wildman–Crippen LogP) is 2.63. The van der Waals surface area contributed by atoms with Gasteiger partial charge in [-0.15, -0.1) is 0 Å². The van der Waals surface area contributed by atoms with Gasteiger partial charge in [0, 0.05) is 57.9 Å². The van der Waals surface area contributed by atoms with Crippen LogP contribution in [0.15, 0.2) is 53.4 Å². The fraction of sp³-hybridized carbons (Fsp3) is 0.429. The molecule has 0 saturated carbocycles. The summed E-state index contributed by atoms with van der Waals surface area (Å²) in [6.07, 6.45) is 0. The topological polar surface area (TPSA) is 47.1 Å². The van der Waals surface area contributed by atoms with Crippen molar-refractivity contribution in [3.8, 4) is 0 Å². The lowest BCUT2D eigenvalue weighted by atomic mass is 10.1. The summed E-state index contributed by atoms with van der Waals surface area (Å²) in [6.45, 7) is 5.87.